The molecule has 28 heavy (non-hydrogen) atoms. The van der Waals surface area contributed by atoms with Crippen molar-refractivity contribution in [2.45, 2.75) is 45.6 Å². The average molecular weight is 405 g/mol. The van der Waals surface area contributed by atoms with Crippen molar-refractivity contribution >= 4 is 18.0 Å². The highest BCUT2D eigenvalue weighted by Gasteiger charge is 2.22. The van der Waals surface area contributed by atoms with Crippen LogP contribution in [0, 0.1) is 0 Å². The van der Waals surface area contributed by atoms with Gasteiger partial charge in [-0.25, -0.2) is 4.79 Å². The number of amides is 1. The lowest BCUT2D eigenvalue weighted by Crippen LogP contribution is -2.39. The number of unbranched alkanes of at least 4 members (excludes halogenated alkanes) is 1. The molecule has 0 atom stereocenters. The highest BCUT2D eigenvalue weighted by atomic mass is 16.6. The molecule has 0 aliphatic heterocycles. The van der Waals surface area contributed by atoms with Gasteiger partial charge in [0.1, 0.15) is 13.2 Å². The third-order valence-electron chi connectivity index (χ3n) is 3.69. The van der Waals surface area contributed by atoms with E-state index in [2.05, 4.69) is 5.32 Å². The smallest absolute Gasteiger partial charge is 0.410 e. The Bertz CT molecular complexity index is 432. The van der Waals surface area contributed by atoms with Crippen molar-refractivity contribution in [1.82, 2.24) is 10.2 Å². The molecular weight excluding hydrogens is 368 g/mol. The van der Waals surface area contributed by atoms with Gasteiger partial charge < -0.3 is 35.9 Å². The molecule has 10 heteroatoms. The van der Waals surface area contributed by atoms with Gasteiger partial charge in [-0.3, -0.25) is 9.59 Å². The van der Waals surface area contributed by atoms with Gasteiger partial charge in [-0.2, -0.15) is 0 Å². The van der Waals surface area contributed by atoms with E-state index in [9.17, 15) is 14.4 Å². The Hall–Kier alpha value is -1.91. The summed E-state index contributed by atoms with van der Waals surface area (Å²) >= 11 is 0. The fourth-order valence-corrected chi connectivity index (χ4v) is 2.24. The average Bonchev–Trinajstić information content (AvgIpc) is 2.65. The third kappa shape index (κ3) is 15.2. The first-order valence-corrected chi connectivity index (χ1v) is 9.73. The van der Waals surface area contributed by atoms with Crippen LogP contribution in [-0.4, -0.2) is 81.5 Å². The molecule has 0 aromatic carbocycles. The van der Waals surface area contributed by atoms with Crippen LogP contribution >= 0.6 is 0 Å². The molecule has 5 N–H and O–H groups in total. The SMILES string of the molecule is CC(=O)OCC(COC(C)=O)OC(=O)N(CCCN)CCCCNCCCN. The second-order valence-electron chi connectivity index (χ2n) is 6.34. The minimum Gasteiger partial charge on any atom is -0.462 e. The summed E-state index contributed by atoms with van der Waals surface area (Å²) in [5, 5.41) is 3.29. The Morgan fingerprint density at radius 1 is 0.857 bits per heavy atom. The first-order valence-electron chi connectivity index (χ1n) is 9.73. The molecule has 1 amide bonds. The van der Waals surface area contributed by atoms with Gasteiger partial charge in [0.2, 0.25) is 0 Å². The number of carbonyl (C=O) groups is 3. The van der Waals surface area contributed by atoms with Crippen molar-refractivity contribution in [3.8, 4) is 0 Å². The first kappa shape index (κ1) is 26.1. The second kappa shape index (κ2) is 17.2. The number of rotatable bonds is 16. The maximum atomic E-state index is 12.5. The van der Waals surface area contributed by atoms with E-state index in [1.807, 2.05) is 0 Å². The summed E-state index contributed by atoms with van der Waals surface area (Å²) < 4.78 is 15.1. The van der Waals surface area contributed by atoms with Crippen molar-refractivity contribution in [1.29, 1.82) is 0 Å². The molecule has 0 rings (SSSR count). The molecule has 0 spiro atoms. The molecule has 0 heterocycles. The lowest BCUT2D eigenvalue weighted by Gasteiger charge is -2.25. The van der Waals surface area contributed by atoms with Crippen molar-refractivity contribution < 1.29 is 28.6 Å². The first-order chi connectivity index (χ1) is 13.4. The number of nitrogens with zero attached hydrogens (tertiary/aromatic N) is 1. The van der Waals surface area contributed by atoms with Crippen molar-refractivity contribution in [2.24, 2.45) is 11.5 Å². The molecule has 0 aromatic rings. The van der Waals surface area contributed by atoms with Gasteiger partial charge in [0.05, 0.1) is 0 Å². The Morgan fingerprint density at radius 3 is 1.93 bits per heavy atom. The molecule has 0 radical (unpaired) electrons. The highest BCUT2D eigenvalue weighted by Crippen LogP contribution is 2.05. The van der Waals surface area contributed by atoms with Crippen molar-refractivity contribution in [3.63, 3.8) is 0 Å². The van der Waals surface area contributed by atoms with Gasteiger partial charge in [-0.15, -0.1) is 0 Å². The van der Waals surface area contributed by atoms with Gasteiger partial charge in [0, 0.05) is 26.9 Å². The zero-order chi connectivity index (χ0) is 21.2. The van der Waals surface area contributed by atoms with Crippen LogP contribution in [0.15, 0.2) is 0 Å². The molecule has 0 aromatic heterocycles. The monoisotopic (exact) mass is 404 g/mol. The molecule has 164 valence electrons. The third-order valence-corrected chi connectivity index (χ3v) is 3.69. The molecule has 10 nitrogen and oxygen atoms in total. The Balaban J connectivity index is 4.52. The van der Waals surface area contributed by atoms with Crippen LogP contribution in [0.5, 0.6) is 0 Å². The van der Waals surface area contributed by atoms with Crippen LogP contribution in [-0.2, 0) is 23.8 Å². The fraction of sp³-hybridized carbons (Fsp3) is 0.833. The minimum absolute atomic E-state index is 0.176. The summed E-state index contributed by atoms with van der Waals surface area (Å²) in [5.41, 5.74) is 11.0. The standard InChI is InChI=1S/C18H36N4O6/c1-15(23)26-13-17(14-27-16(2)24)28-18(25)22(12-6-8-20)11-4-3-9-21-10-5-7-19/h17,21H,3-14,19-20H2,1-2H3. The number of carbonyl (C=O) groups excluding carboxylic acids is 3. The molecule has 0 aliphatic carbocycles. The number of ether oxygens (including phenoxy) is 3. The molecule has 0 aliphatic rings. The number of nitrogens with two attached hydrogens (primary N) is 2. The Kier molecular flexibility index (Phi) is 16.0. The summed E-state index contributed by atoms with van der Waals surface area (Å²) in [6.07, 6.45) is 1.87. The molecule has 0 fully saturated rings. The largest absolute Gasteiger partial charge is 0.462 e. The lowest BCUT2D eigenvalue weighted by atomic mass is 10.2. The van der Waals surface area contributed by atoms with Gasteiger partial charge in [-0.05, 0) is 51.9 Å². The van der Waals surface area contributed by atoms with Crippen LogP contribution in [0.25, 0.3) is 0 Å². The second-order valence-corrected chi connectivity index (χ2v) is 6.34. The topological polar surface area (TPSA) is 146 Å². The van der Waals surface area contributed by atoms with Crippen molar-refractivity contribution in [3.05, 3.63) is 0 Å². The number of esters is 2. The molecular formula is C18H36N4O6. The summed E-state index contributed by atoms with van der Waals surface area (Å²) in [5.74, 6) is -1.02. The van der Waals surface area contributed by atoms with E-state index in [0.717, 1.165) is 32.4 Å². The quantitative estimate of drug-likeness (QED) is 0.183. The van der Waals surface area contributed by atoms with Crippen molar-refractivity contribution in [2.75, 3.05) is 52.5 Å². The summed E-state index contributed by atoms with van der Waals surface area (Å²) in [6, 6.07) is 0. The van der Waals surface area contributed by atoms with E-state index in [4.69, 9.17) is 25.7 Å². The van der Waals surface area contributed by atoms with Crippen LogP contribution in [0.1, 0.15) is 39.5 Å². The number of hydrogen-bond donors (Lipinski definition) is 3. The summed E-state index contributed by atoms with van der Waals surface area (Å²) in [4.78, 5) is 36.1. The predicted octanol–water partition coefficient (Wildman–Crippen LogP) is -0.0128. The fourth-order valence-electron chi connectivity index (χ4n) is 2.24. The zero-order valence-corrected chi connectivity index (χ0v) is 17.1. The normalized spacial score (nSPS) is 10.6. The van der Waals surface area contributed by atoms with E-state index >= 15 is 0 Å². The Labute approximate surface area is 167 Å². The number of nitrogens with one attached hydrogen (secondary N) is 1. The maximum Gasteiger partial charge on any atom is 0.410 e. The zero-order valence-electron chi connectivity index (χ0n) is 17.1. The van der Waals surface area contributed by atoms with Gasteiger partial charge in [-0.1, -0.05) is 0 Å². The van der Waals surface area contributed by atoms with Crippen LogP contribution in [0.4, 0.5) is 4.79 Å². The minimum atomic E-state index is -0.862. The van der Waals surface area contributed by atoms with Gasteiger partial charge >= 0.3 is 18.0 Å². The molecule has 0 saturated carbocycles. The van der Waals surface area contributed by atoms with E-state index in [-0.39, 0.29) is 13.2 Å². The van der Waals surface area contributed by atoms with Crippen LogP contribution in [0.3, 0.4) is 0 Å². The van der Waals surface area contributed by atoms with Crippen LogP contribution in [0.2, 0.25) is 0 Å². The molecule has 0 bridgehead atoms. The number of hydrogen-bond acceptors (Lipinski definition) is 9. The highest BCUT2D eigenvalue weighted by molar-refractivity contribution is 5.68. The van der Waals surface area contributed by atoms with E-state index in [0.29, 0.717) is 32.6 Å². The van der Waals surface area contributed by atoms with Crippen LogP contribution < -0.4 is 16.8 Å². The molecule has 0 saturated heterocycles. The molecule has 0 unspecified atom stereocenters. The summed E-state index contributed by atoms with van der Waals surface area (Å²) in [7, 11) is 0. The van der Waals surface area contributed by atoms with E-state index in [1.165, 1.54) is 13.8 Å². The van der Waals surface area contributed by atoms with Gasteiger partial charge in [0.25, 0.3) is 0 Å². The Morgan fingerprint density at radius 2 is 1.39 bits per heavy atom. The van der Waals surface area contributed by atoms with Gasteiger partial charge in [0.15, 0.2) is 6.10 Å². The van der Waals surface area contributed by atoms with E-state index < -0.39 is 24.1 Å². The predicted molar refractivity (Wildman–Crippen MR) is 105 cm³/mol. The summed E-state index contributed by atoms with van der Waals surface area (Å²) in [6.45, 7) is 5.97. The lowest BCUT2D eigenvalue weighted by molar-refractivity contribution is -0.150. The maximum absolute atomic E-state index is 12.5. The van der Waals surface area contributed by atoms with E-state index in [1.54, 1.807) is 4.90 Å².